The predicted octanol–water partition coefficient (Wildman–Crippen LogP) is 12.7. The van der Waals surface area contributed by atoms with Crippen molar-refractivity contribution in [3.8, 4) is 22.3 Å². The molecule has 6 aromatic carbocycles. The van der Waals surface area contributed by atoms with E-state index in [0.717, 1.165) is 88.5 Å². The van der Waals surface area contributed by atoms with E-state index in [9.17, 15) is 0 Å². The van der Waals surface area contributed by atoms with Crippen molar-refractivity contribution in [1.82, 2.24) is 29.9 Å². The monoisotopic (exact) mass is 1160 g/mol. The molecular formula is C54H38N6Pt2. The van der Waals surface area contributed by atoms with Gasteiger partial charge in [0.25, 0.3) is 0 Å². The summed E-state index contributed by atoms with van der Waals surface area (Å²) in [6.45, 7) is 3.97. The van der Waals surface area contributed by atoms with Gasteiger partial charge in [-0.2, -0.15) is 0 Å². The fourth-order valence-corrected chi connectivity index (χ4v) is 7.27. The standard InChI is InChI=1S/2C15H10N.2C12H9N2.2Pt/c2*1-2-6-12(7-3-1)14-10-4-8-13-9-5-11-16-15(13)14;2*1-8-6-7-10-9-4-2-3-5-11(9)14-12(10)13-8;;/h2*1-6,8-11H;2*2-7H,1H3;;/q4*-1;2*+2. The van der Waals surface area contributed by atoms with Gasteiger partial charge < -0.3 is 19.9 Å². The molecule has 0 radical (unpaired) electrons. The molecule has 0 aliphatic rings. The average molecular weight is 1160 g/mol. The van der Waals surface area contributed by atoms with E-state index >= 15 is 0 Å². The molecule has 0 bridgehead atoms. The van der Waals surface area contributed by atoms with Gasteiger partial charge in [-0.05, 0) is 69.3 Å². The molecule has 6 aromatic heterocycles. The molecule has 0 saturated carbocycles. The zero-order valence-corrected chi connectivity index (χ0v) is 38.3. The summed E-state index contributed by atoms with van der Waals surface area (Å²) in [5, 5.41) is 7.00. The van der Waals surface area contributed by atoms with Crippen LogP contribution in [-0.2, 0) is 42.1 Å². The van der Waals surface area contributed by atoms with Gasteiger partial charge in [0.15, 0.2) is 0 Å². The minimum absolute atomic E-state index is 0. The second-order valence-corrected chi connectivity index (χ2v) is 14.2. The van der Waals surface area contributed by atoms with Crippen LogP contribution in [0.1, 0.15) is 11.4 Å². The number of nitrogens with zero attached hydrogens (tertiary/aromatic N) is 6. The van der Waals surface area contributed by atoms with Crippen LogP contribution in [0.25, 0.3) is 87.9 Å². The predicted molar refractivity (Wildman–Crippen MR) is 247 cm³/mol. The van der Waals surface area contributed by atoms with Crippen LogP contribution in [-0.4, -0.2) is 19.9 Å². The maximum atomic E-state index is 4.46. The minimum Gasteiger partial charge on any atom is -0.439 e. The number of hydrogen-bond donors (Lipinski definition) is 0. The maximum absolute atomic E-state index is 4.46. The summed E-state index contributed by atoms with van der Waals surface area (Å²) < 4.78 is 0. The summed E-state index contributed by atoms with van der Waals surface area (Å²) in [6.07, 6.45) is 3.66. The number of benzene rings is 6. The SMILES string of the molecule is Cc1ccc2c(n1)[n-]c1ccccc12.Cc1ccc2c(n1)[n-]c1ccccc12.[Pt+2].[Pt+2].[c-]1ccccc1-c1cccc2cccnc12.[c-]1ccccc1-c1cccc2cccnc12. The van der Waals surface area contributed by atoms with Crippen LogP contribution in [0.4, 0.5) is 0 Å². The smallest absolute Gasteiger partial charge is 0.439 e. The van der Waals surface area contributed by atoms with Crippen LogP contribution < -0.4 is 9.97 Å². The summed E-state index contributed by atoms with van der Waals surface area (Å²) >= 11 is 0. The molecule has 304 valence electrons. The van der Waals surface area contributed by atoms with Gasteiger partial charge in [0.2, 0.25) is 0 Å². The van der Waals surface area contributed by atoms with Crippen LogP contribution in [0.3, 0.4) is 0 Å². The molecule has 12 aromatic rings. The number of para-hydroxylation sites is 4. The summed E-state index contributed by atoms with van der Waals surface area (Å²) in [5.41, 5.74) is 12.3. The zero-order valence-electron chi connectivity index (χ0n) is 33.8. The quantitative estimate of drug-likeness (QED) is 0.161. The molecular weight excluding hydrogens is 1120 g/mol. The van der Waals surface area contributed by atoms with E-state index < -0.39 is 0 Å². The Hall–Kier alpha value is -6.58. The van der Waals surface area contributed by atoms with E-state index in [1.807, 2.05) is 123 Å². The summed E-state index contributed by atoms with van der Waals surface area (Å²) in [6, 6.07) is 67.5. The fraction of sp³-hybridized carbons (Fsp3) is 0.0370. The zero-order chi connectivity index (χ0) is 40.7. The molecule has 0 spiro atoms. The largest absolute Gasteiger partial charge is 2.00 e. The first-order valence-corrected chi connectivity index (χ1v) is 19.8. The van der Waals surface area contributed by atoms with Crippen LogP contribution in [0, 0.1) is 26.0 Å². The van der Waals surface area contributed by atoms with Crippen LogP contribution in [0.5, 0.6) is 0 Å². The number of aromatic nitrogens is 6. The molecule has 8 heteroatoms. The molecule has 0 aliphatic carbocycles. The van der Waals surface area contributed by atoms with Gasteiger partial charge in [0.1, 0.15) is 0 Å². The Balaban J connectivity index is 0.000000123. The van der Waals surface area contributed by atoms with Gasteiger partial charge in [-0.15, -0.1) is 71.8 Å². The van der Waals surface area contributed by atoms with E-state index in [1.54, 1.807) is 0 Å². The van der Waals surface area contributed by atoms with Gasteiger partial charge in [0.05, 0.1) is 0 Å². The van der Waals surface area contributed by atoms with Crippen molar-refractivity contribution in [1.29, 1.82) is 0 Å². The van der Waals surface area contributed by atoms with Gasteiger partial charge in [-0.25, -0.2) is 0 Å². The Bertz CT molecular complexity index is 3130. The van der Waals surface area contributed by atoms with E-state index in [0.29, 0.717) is 0 Å². The van der Waals surface area contributed by atoms with E-state index in [2.05, 4.69) is 127 Å². The van der Waals surface area contributed by atoms with Crippen molar-refractivity contribution in [3.05, 3.63) is 218 Å². The minimum atomic E-state index is 0. The topological polar surface area (TPSA) is 79.8 Å². The third-order valence-electron chi connectivity index (χ3n) is 10.1. The van der Waals surface area contributed by atoms with Crippen molar-refractivity contribution in [2.75, 3.05) is 0 Å². The van der Waals surface area contributed by atoms with E-state index in [4.69, 9.17) is 0 Å². The number of aryl methyl sites for hydroxylation is 2. The first-order chi connectivity index (χ1) is 29.6. The Kier molecular flexibility index (Phi) is 14.3. The summed E-state index contributed by atoms with van der Waals surface area (Å²) in [7, 11) is 0. The molecule has 0 saturated heterocycles. The first-order valence-electron chi connectivity index (χ1n) is 19.8. The van der Waals surface area contributed by atoms with Crippen LogP contribution in [0.2, 0.25) is 0 Å². The molecule has 12 rings (SSSR count). The fourth-order valence-electron chi connectivity index (χ4n) is 7.27. The molecule has 6 nitrogen and oxygen atoms in total. The second-order valence-electron chi connectivity index (χ2n) is 14.2. The normalized spacial score (nSPS) is 10.5. The molecule has 0 atom stereocenters. The van der Waals surface area contributed by atoms with Crippen molar-refractivity contribution in [2.45, 2.75) is 13.8 Å². The van der Waals surface area contributed by atoms with Gasteiger partial charge in [-0.1, -0.05) is 155 Å². The van der Waals surface area contributed by atoms with Crippen molar-refractivity contribution in [3.63, 3.8) is 0 Å². The molecule has 62 heavy (non-hydrogen) atoms. The number of hydrogen-bond acceptors (Lipinski definition) is 4. The van der Waals surface area contributed by atoms with Crippen molar-refractivity contribution in [2.24, 2.45) is 0 Å². The van der Waals surface area contributed by atoms with Crippen molar-refractivity contribution < 1.29 is 42.1 Å². The first kappa shape index (κ1) is 43.5. The second kappa shape index (κ2) is 20.3. The summed E-state index contributed by atoms with van der Waals surface area (Å²) in [5.74, 6) is 0. The van der Waals surface area contributed by atoms with Gasteiger partial charge >= 0.3 is 42.1 Å². The molecule has 0 fully saturated rings. The molecule has 0 amide bonds. The molecule has 0 N–H and O–H groups in total. The third-order valence-corrected chi connectivity index (χ3v) is 10.1. The van der Waals surface area contributed by atoms with Crippen LogP contribution in [0.15, 0.2) is 194 Å². The van der Waals surface area contributed by atoms with Gasteiger partial charge in [-0.3, -0.25) is 9.97 Å². The Morgan fingerprint density at radius 1 is 0.387 bits per heavy atom. The Morgan fingerprint density at radius 2 is 0.806 bits per heavy atom. The van der Waals surface area contributed by atoms with E-state index in [1.165, 1.54) is 10.8 Å². The Morgan fingerprint density at radius 3 is 1.24 bits per heavy atom. The molecule has 6 heterocycles. The molecule has 0 aliphatic heterocycles. The van der Waals surface area contributed by atoms with Crippen LogP contribution >= 0.6 is 0 Å². The third kappa shape index (κ3) is 9.64. The summed E-state index contributed by atoms with van der Waals surface area (Å²) in [4.78, 5) is 26.6. The van der Waals surface area contributed by atoms with Crippen molar-refractivity contribution >= 4 is 65.7 Å². The number of pyridine rings is 4. The number of fused-ring (bicyclic) bond motifs is 8. The molecule has 0 unspecified atom stereocenters. The Labute approximate surface area is 389 Å². The van der Waals surface area contributed by atoms with Gasteiger partial charge in [0, 0.05) is 23.4 Å². The van der Waals surface area contributed by atoms with E-state index in [-0.39, 0.29) is 42.1 Å². The average Bonchev–Trinajstić information content (AvgIpc) is 3.87. The maximum Gasteiger partial charge on any atom is 2.00 e. The number of rotatable bonds is 2.